The van der Waals surface area contributed by atoms with E-state index in [4.69, 9.17) is 16.3 Å². The number of benzene rings is 2. The van der Waals surface area contributed by atoms with Gasteiger partial charge in [0, 0.05) is 15.7 Å². The maximum Gasteiger partial charge on any atom is 0.329 e. The second-order valence-electron chi connectivity index (χ2n) is 5.67. The van der Waals surface area contributed by atoms with Crippen molar-refractivity contribution >= 4 is 41.1 Å². The highest BCUT2D eigenvalue weighted by Crippen LogP contribution is 2.25. The second kappa shape index (κ2) is 7.93. The van der Waals surface area contributed by atoms with Crippen molar-refractivity contribution in [1.29, 1.82) is 0 Å². The first-order valence-corrected chi connectivity index (χ1v) is 9.37. The minimum Gasteiger partial charge on any atom is -0.463 e. The molecule has 2 amide bonds. The molecular weight excluding hydrogens is 374 g/mol. The molecule has 2 aromatic carbocycles. The first kappa shape index (κ1) is 18.5. The summed E-state index contributed by atoms with van der Waals surface area (Å²) in [7, 11) is 0. The maximum atomic E-state index is 12.4. The van der Waals surface area contributed by atoms with Gasteiger partial charge in [-0.3, -0.25) is 14.5 Å². The van der Waals surface area contributed by atoms with Crippen LogP contribution >= 0.6 is 23.4 Å². The monoisotopic (exact) mass is 389 g/mol. The predicted molar refractivity (Wildman–Crippen MR) is 99.5 cm³/mol. The summed E-state index contributed by atoms with van der Waals surface area (Å²) in [6, 6.07) is 12.9. The minimum atomic E-state index is -0.970. The molecule has 0 N–H and O–H groups in total. The van der Waals surface area contributed by atoms with Gasteiger partial charge >= 0.3 is 5.97 Å². The Morgan fingerprint density at radius 3 is 2.23 bits per heavy atom. The van der Waals surface area contributed by atoms with E-state index in [1.807, 2.05) is 12.1 Å². The zero-order valence-electron chi connectivity index (χ0n) is 14.0. The molecular formula is C19H16ClNO4S. The van der Waals surface area contributed by atoms with Gasteiger partial charge < -0.3 is 4.74 Å². The Morgan fingerprint density at radius 1 is 1.08 bits per heavy atom. The van der Waals surface area contributed by atoms with Gasteiger partial charge in [0.2, 0.25) is 0 Å². The molecule has 0 unspecified atom stereocenters. The van der Waals surface area contributed by atoms with E-state index >= 15 is 0 Å². The van der Waals surface area contributed by atoms with Crippen molar-refractivity contribution in [1.82, 2.24) is 4.90 Å². The maximum absolute atomic E-state index is 12.4. The number of fused-ring (bicyclic) bond motifs is 1. The molecule has 1 heterocycles. The number of ether oxygens (including phenoxy) is 1. The molecule has 5 nitrogen and oxygen atoms in total. The Bertz CT molecular complexity index is 818. The fourth-order valence-corrected chi connectivity index (χ4v) is 3.48. The van der Waals surface area contributed by atoms with Crippen molar-refractivity contribution in [2.75, 3.05) is 12.4 Å². The van der Waals surface area contributed by atoms with Crippen LogP contribution in [-0.2, 0) is 9.53 Å². The van der Waals surface area contributed by atoms with E-state index in [9.17, 15) is 14.4 Å². The van der Waals surface area contributed by atoms with Gasteiger partial charge in [0.05, 0.1) is 11.1 Å². The molecule has 0 saturated heterocycles. The number of thioether (sulfide) groups is 1. The number of esters is 1. The van der Waals surface area contributed by atoms with Crippen molar-refractivity contribution < 1.29 is 19.1 Å². The van der Waals surface area contributed by atoms with E-state index < -0.39 is 23.8 Å². The Morgan fingerprint density at radius 2 is 1.65 bits per heavy atom. The Hall–Kier alpha value is -2.31. The predicted octanol–water partition coefficient (Wildman–Crippen LogP) is 3.66. The van der Waals surface area contributed by atoms with Crippen LogP contribution in [0.2, 0.25) is 5.02 Å². The number of hydrogen-bond acceptors (Lipinski definition) is 5. The number of rotatable bonds is 6. The van der Waals surface area contributed by atoms with Crippen LogP contribution in [0.4, 0.5) is 0 Å². The molecule has 1 aliphatic rings. The molecule has 1 aliphatic heterocycles. The number of amides is 2. The van der Waals surface area contributed by atoms with E-state index in [2.05, 4.69) is 0 Å². The highest BCUT2D eigenvalue weighted by Gasteiger charge is 2.41. The largest absolute Gasteiger partial charge is 0.463 e. The molecule has 1 atom stereocenters. The minimum absolute atomic E-state index is 0.180. The molecule has 7 heteroatoms. The number of halogens is 1. The van der Waals surface area contributed by atoms with Crippen molar-refractivity contribution in [2.45, 2.75) is 17.9 Å². The lowest BCUT2D eigenvalue weighted by Crippen LogP contribution is -2.43. The normalized spacial score (nSPS) is 14.3. The van der Waals surface area contributed by atoms with Gasteiger partial charge in [-0.25, -0.2) is 4.79 Å². The molecule has 0 aliphatic carbocycles. The summed E-state index contributed by atoms with van der Waals surface area (Å²) in [6.07, 6.45) is 0. The molecule has 3 rings (SSSR count). The van der Waals surface area contributed by atoms with Crippen LogP contribution < -0.4 is 0 Å². The fraction of sp³-hybridized carbons (Fsp3) is 0.211. The van der Waals surface area contributed by atoms with Gasteiger partial charge in [0.15, 0.2) is 0 Å². The summed E-state index contributed by atoms with van der Waals surface area (Å²) >= 11 is 7.35. The Labute approximate surface area is 160 Å². The third-order valence-electron chi connectivity index (χ3n) is 3.96. The topological polar surface area (TPSA) is 63.7 Å². The molecule has 134 valence electrons. The van der Waals surface area contributed by atoms with Crippen LogP contribution in [-0.4, -0.2) is 41.1 Å². The Balaban J connectivity index is 1.53. The molecule has 0 bridgehead atoms. The zero-order valence-corrected chi connectivity index (χ0v) is 15.5. The lowest BCUT2D eigenvalue weighted by Gasteiger charge is -2.20. The summed E-state index contributed by atoms with van der Waals surface area (Å²) in [5.41, 5.74) is 0.630. The third kappa shape index (κ3) is 3.76. The summed E-state index contributed by atoms with van der Waals surface area (Å²) in [4.78, 5) is 39.0. The lowest BCUT2D eigenvalue weighted by atomic mass is 10.1. The van der Waals surface area contributed by atoms with Crippen molar-refractivity contribution in [3.05, 3.63) is 64.7 Å². The van der Waals surface area contributed by atoms with Crippen LogP contribution in [0.15, 0.2) is 53.4 Å². The number of carbonyl (C=O) groups excluding carboxylic acids is 3. The molecule has 0 spiro atoms. The third-order valence-corrected chi connectivity index (χ3v) is 5.19. The SMILES string of the molecule is C[C@@H](C(=O)OCCSc1ccc(Cl)cc1)N1C(=O)c2ccccc2C1=O. The summed E-state index contributed by atoms with van der Waals surface area (Å²) in [5, 5.41) is 0.663. The number of nitrogens with zero attached hydrogens (tertiary/aromatic N) is 1. The molecule has 2 aromatic rings. The summed E-state index contributed by atoms with van der Waals surface area (Å²) in [5.74, 6) is -0.977. The average molecular weight is 390 g/mol. The van der Waals surface area contributed by atoms with Gasteiger partial charge in [0.25, 0.3) is 11.8 Å². The smallest absolute Gasteiger partial charge is 0.329 e. The van der Waals surface area contributed by atoms with E-state index in [1.54, 1.807) is 36.4 Å². The van der Waals surface area contributed by atoms with E-state index in [1.165, 1.54) is 18.7 Å². The highest BCUT2D eigenvalue weighted by atomic mass is 35.5. The molecule has 0 saturated carbocycles. The number of carbonyl (C=O) groups is 3. The molecule has 0 aromatic heterocycles. The summed E-state index contributed by atoms with van der Waals surface area (Å²) in [6.45, 7) is 1.68. The Kier molecular flexibility index (Phi) is 5.64. The van der Waals surface area contributed by atoms with Gasteiger partial charge in [-0.2, -0.15) is 0 Å². The van der Waals surface area contributed by atoms with Crippen LogP contribution in [0.5, 0.6) is 0 Å². The van der Waals surface area contributed by atoms with Gasteiger partial charge in [-0.15, -0.1) is 11.8 Å². The van der Waals surface area contributed by atoms with Gasteiger partial charge in [-0.1, -0.05) is 23.7 Å². The van der Waals surface area contributed by atoms with Gasteiger partial charge in [0.1, 0.15) is 12.6 Å². The average Bonchev–Trinajstić information content (AvgIpc) is 2.90. The van der Waals surface area contributed by atoms with Crippen molar-refractivity contribution in [2.24, 2.45) is 0 Å². The van der Waals surface area contributed by atoms with Gasteiger partial charge in [-0.05, 0) is 43.3 Å². The fourth-order valence-electron chi connectivity index (χ4n) is 2.62. The second-order valence-corrected chi connectivity index (χ2v) is 7.28. The first-order valence-electron chi connectivity index (χ1n) is 8.01. The van der Waals surface area contributed by atoms with Crippen LogP contribution in [0.3, 0.4) is 0 Å². The number of imide groups is 1. The standard InChI is InChI=1S/C19H16ClNO4S/c1-12(21-17(22)15-4-2-3-5-16(15)18(21)23)19(24)25-10-11-26-14-8-6-13(20)7-9-14/h2-9,12H,10-11H2,1H3/t12-/m0/s1. The molecule has 0 fully saturated rings. The highest BCUT2D eigenvalue weighted by molar-refractivity contribution is 7.99. The van der Waals surface area contributed by atoms with Crippen molar-refractivity contribution in [3.63, 3.8) is 0 Å². The summed E-state index contributed by atoms with van der Waals surface area (Å²) < 4.78 is 5.23. The zero-order chi connectivity index (χ0) is 18.7. The first-order chi connectivity index (χ1) is 12.5. The molecule has 0 radical (unpaired) electrons. The number of hydrogen-bond donors (Lipinski definition) is 0. The van der Waals surface area contributed by atoms with Crippen LogP contribution in [0.25, 0.3) is 0 Å². The molecule has 26 heavy (non-hydrogen) atoms. The van der Waals surface area contributed by atoms with Crippen LogP contribution in [0, 0.1) is 0 Å². The van der Waals surface area contributed by atoms with E-state index in [0.29, 0.717) is 21.9 Å². The van der Waals surface area contributed by atoms with Crippen LogP contribution in [0.1, 0.15) is 27.6 Å². The van der Waals surface area contributed by atoms with Crippen molar-refractivity contribution in [3.8, 4) is 0 Å². The van der Waals surface area contributed by atoms with E-state index in [-0.39, 0.29) is 6.61 Å². The lowest BCUT2D eigenvalue weighted by molar-refractivity contribution is -0.147. The quantitative estimate of drug-likeness (QED) is 0.326. The van der Waals surface area contributed by atoms with E-state index in [0.717, 1.165) is 9.80 Å².